The number of aromatic nitrogens is 1. The van der Waals surface area contributed by atoms with Crippen molar-refractivity contribution in [2.75, 3.05) is 7.11 Å². The minimum absolute atomic E-state index is 0.482. The fourth-order valence-electron chi connectivity index (χ4n) is 1.14. The van der Waals surface area contributed by atoms with E-state index in [0.29, 0.717) is 6.20 Å². The number of pyridine rings is 1. The lowest BCUT2D eigenvalue weighted by molar-refractivity contribution is -0.141. The molecule has 0 aliphatic carbocycles. The second-order valence-electron chi connectivity index (χ2n) is 2.74. The smallest absolute Gasteiger partial charge is 0.422 e. The van der Waals surface area contributed by atoms with E-state index < -0.39 is 35.4 Å². The number of halogens is 5. The van der Waals surface area contributed by atoms with Crippen molar-refractivity contribution < 1.29 is 31.8 Å². The van der Waals surface area contributed by atoms with Gasteiger partial charge in [0.25, 0.3) is 6.43 Å². The van der Waals surface area contributed by atoms with Gasteiger partial charge in [-0.1, -0.05) is 0 Å². The number of nitrogens with zero attached hydrogens (tertiary/aromatic N) is 1. The average Bonchev–Trinajstić information content (AvgIpc) is 2.15. The average molecular weight is 243 g/mol. The Bertz CT molecular complexity index is 391. The van der Waals surface area contributed by atoms with E-state index in [1.54, 1.807) is 0 Å². The lowest BCUT2D eigenvalue weighted by atomic mass is 10.1. The molecule has 0 saturated carbocycles. The van der Waals surface area contributed by atoms with Crippen molar-refractivity contribution in [1.29, 1.82) is 0 Å². The summed E-state index contributed by atoms with van der Waals surface area (Å²) in [6.45, 7) is 0. The molecule has 0 amide bonds. The first-order valence-electron chi connectivity index (χ1n) is 3.90. The molecule has 1 N–H and O–H groups in total. The van der Waals surface area contributed by atoms with E-state index in [2.05, 4.69) is 9.72 Å². The maximum Gasteiger partial charge on any atom is 0.422 e. The molecule has 3 nitrogen and oxygen atoms in total. The molecule has 0 aromatic carbocycles. The van der Waals surface area contributed by atoms with Gasteiger partial charge in [0.2, 0.25) is 0 Å². The first-order chi connectivity index (χ1) is 7.29. The molecule has 0 bridgehead atoms. The Kier molecular flexibility index (Phi) is 3.20. The highest BCUT2D eigenvalue weighted by atomic mass is 19.4. The zero-order valence-corrected chi connectivity index (χ0v) is 7.85. The zero-order valence-electron chi connectivity index (χ0n) is 7.85. The van der Waals surface area contributed by atoms with Gasteiger partial charge >= 0.3 is 6.18 Å². The van der Waals surface area contributed by atoms with Crippen molar-refractivity contribution in [2.45, 2.75) is 12.6 Å². The van der Waals surface area contributed by atoms with Crippen LogP contribution in [0.15, 0.2) is 6.20 Å². The predicted molar refractivity (Wildman–Crippen MR) is 42.4 cm³/mol. The highest BCUT2D eigenvalue weighted by Gasteiger charge is 2.41. The van der Waals surface area contributed by atoms with Crippen molar-refractivity contribution in [2.24, 2.45) is 0 Å². The first-order valence-corrected chi connectivity index (χ1v) is 3.90. The second kappa shape index (κ2) is 4.11. The summed E-state index contributed by atoms with van der Waals surface area (Å²) >= 11 is 0. The molecule has 0 aliphatic rings. The van der Waals surface area contributed by atoms with Crippen molar-refractivity contribution in [3.8, 4) is 11.5 Å². The van der Waals surface area contributed by atoms with E-state index >= 15 is 0 Å². The van der Waals surface area contributed by atoms with Crippen LogP contribution in [0.1, 0.15) is 17.7 Å². The quantitative estimate of drug-likeness (QED) is 0.812. The molecule has 16 heavy (non-hydrogen) atoms. The Balaban J connectivity index is 3.54. The van der Waals surface area contributed by atoms with Crippen LogP contribution in [-0.4, -0.2) is 17.2 Å². The van der Waals surface area contributed by atoms with Crippen LogP contribution in [0.3, 0.4) is 0 Å². The van der Waals surface area contributed by atoms with Gasteiger partial charge in [-0.15, -0.1) is 0 Å². The fourth-order valence-corrected chi connectivity index (χ4v) is 1.14. The standard InChI is InChI=1S/C8H6F5NO2/c1-16-6-3(15)2-14-5(7(9)10)4(6)8(11,12)13/h2,7,15H,1H3. The van der Waals surface area contributed by atoms with Gasteiger partial charge in [0.15, 0.2) is 11.5 Å². The van der Waals surface area contributed by atoms with Gasteiger partial charge in [-0.2, -0.15) is 13.2 Å². The summed E-state index contributed by atoms with van der Waals surface area (Å²) in [7, 11) is 0.833. The second-order valence-corrected chi connectivity index (χ2v) is 2.74. The van der Waals surface area contributed by atoms with Gasteiger partial charge in [-0.05, 0) is 0 Å². The van der Waals surface area contributed by atoms with Gasteiger partial charge in [-0.25, -0.2) is 8.78 Å². The maximum absolute atomic E-state index is 12.5. The molecular weight excluding hydrogens is 237 g/mol. The Hall–Kier alpha value is -1.60. The maximum atomic E-state index is 12.5. The number of methoxy groups -OCH3 is 1. The van der Waals surface area contributed by atoms with E-state index in [1.807, 2.05) is 0 Å². The molecule has 0 spiro atoms. The monoisotopic (exact) mass is 243 g/mol. The van der Waals surface area contributed by atoms with E-state index in [4.69, 9.17) is 5.11 Å². The summed E-state index contributed by atoms with van der Waals surface area (Å²) in [5.74, 6) is -2.00. The SMILES string of the molecule is COc1c(O)cnc(C(F)F)c1C(F)(F)F. The lowest BCUT2D eigenvalue weighted by Crippen LogP contribution is -2.13. The van der Waals surface area contributed by atoms with Crippen LogP contribution in [0, 0.1) is 0 Å². The molecule has 0 fully saturated rings. The number of rotatable bonds is 2. The molecule has 0 saturated heterocycles. The third-order valence-electron chi connectivity index (χ3n) is 1.74. The number of hydrogen-bond donors (Lipinski definition) is 1. The predicted octanol–water partition coefficient (Wildman–Crippen LogP) is 2.75. The molecule has 1 rings (SSSR count). The van der Waals surface area contributed by atoms with Gasteiger partial charge in [0.1, 0.15) is 11.3 Å². The summed E-state index contributed by atoms with van der Waals surface area (Å²) in [6.07, 6.45) is -8.01. The molecule has 0 radical (unpaired) electrons. The molecular formula is C8H6F5NO2. The number of alkyl halides is 5. The summed E-state index contributed by atoms with van der Waals surface area (Å²) < 4.78 is 66.3. The largest absolute Gasteiger partial charge is 0.503 e. The minimum Gasteiger partial charge on any atom is -0.503 e. The zero-order chi connectivity index (χ0) is 12.5. The van der Waals surface area contributed by atoms with Gasteiger partial charge in [0.05, 0.1) is 13.3 Å². The molecule has 0 atom stereocenters. The third-order valence-corrected chi connectivity index (χ3v) is 1.74. The van der Waals surface area contributed by atoms with Crippen LogP contribution in [0.25, 0.3) is 0 Å². The highest BCUT2D eigenvalue weighted by molar-refractivity contribution is 5.48. The van der Waals surface area contributed by atoms with Gasteiger partial charge in [0, 0.05) is 0 Å². The van der Waals surface area contributed by atoms with Gasteiger partial charge < -0.3 is 9.84 Å². The summed E-state index contributed by atoms with van der Waals surface area (Å²) in [4.78, 5) is 2.85. The van der Waals surface area contributed by atoms with E-state index in [9.17, 15) is 22.0 Å². The summed E-state index contributed by atoms with van der Waals surface area (Å²) in [5.41, 5.74) is -3.23. The van der Waals surface area contributed by atoms with Crippen LogP contribution < -0.4 is 4.74 Å². The molecule has 8 heteroatoms. The molecule has 0 unspecified atom stereocenters. The molecule has 1 aromatic rings. The Morgan fingerprint density at radius 2 is 1.94 bits per heavy atom. The Morgan fingerprint density at radius 3 is 2.31 bits per heavy atom. The van der Waals surface area contributed by atoms with Crippen molar-refractivity contribution in [3.63, 3.8) is 0 Å². The van der Waals surface area contributed by atoms with E-state index in [1.165, 1.54) is 0 Å². The van der Waals surface area contributed by atoms with Crippen molar-refractivity contribution in [1.82, 2.24) is 4.98 Å². The number of ether oxygens (including phenoxy) is 1. The summed E-state index contributed by atoms with van der Waals surface area (Å²) in [6, 6.07) is 0. The molecule has 0 aliphatic heterocycles. The van der Waals surface area contributed by atoms with E-state index in [0.717, 1.165) is 7.11 Å². The normalized spacial score (nSPS) is 11.9. The fraction of sp³-hybridized carbons (Fsp3) is 0.375. The van der Waals surface area contributed by atoms with Crippen molar-refractivity contribution >= 4 is 0 Å². The van der Waals surface area contributed by atoms with Gasteiger partial charge in [-0.3, -0.25) is 4.98 Å². The van der Waals surface area contributed by atoms with Crippen LogP contribution in [-0.2, 0) is 6.18 Å². The van der Waals surface area contributed by atoms with E-state index in [-0.39, 0.29) is 0 Å². The Labute approximate surface area is 86.5 Å². The van der Waals surface area contributed by atoms with Crippen LogP contribution in [0.5, 0.6) is 11.5 Å². The Morgan fingerprint density at radius 1 is 1.38 bits per heavy atom. The highest BCUT2D eigenvalue weighted by Crippen LogP contribution is 2.44. The minimum atomic E-state index is -5.08. The molecule has 90 valence electrons. The number of aromatic hydroxyl groups is 1. The van der Waals surface area contributed by atoms with Crippen molar-refractivity contribution in [3.05, 3.63) is 17.5 Å². The van der Waals surface area contributed by atoms with Crippen LogP contribution in [0.2, 0.25) is 0 Å². The van der Waals surface area contributed by atoms with Crippen LogP contribution >= 0.6 is 0 Å². The van der Waals surface area contributed by atoms with Crippen LogP contribution in [0.4, 0.5) is 22.0 Å². The summed E-state index contributed by atoms with van der Waals surface area (Å²) in [5, 5.41) is 9.03. The molecule has 1 heterocycles. The topological polar surface area (TPSA) is 42.4 Å². The number of hydrogen-bond acceptors (Lipinski definition) is 3. The first kappa shape index (κ1) is 12.5. The molecule has 1 aromatic heterocycles. The third kappa shape index (κ3) is 2.15. The lowest BCUT2D eigenvalue weighted by Gasteiger charge is -2.15.